The van der Waals surface area contributed by atoms with Gasteiger partial charge in [0.15, 0.2) is 69.8 Å². The molecule has 4 N–H and O–H groups in total. The van der Waals surface area contributed by atoms with Crippen LogP contribution in [0.1, 0.15) is 37.1 Å². The first kappa shape index (κ1) is 50.1. The summed E-state index contributed by atoms with van der Waals surface area (Å²) >= 11 is 0.292. The quantitative estimate of drug-likeness (QED) is 0.0228. The first-order valence-corrected chi connectivity index (χ1v) is 22.5. The Hall–Kier alpha value is -7.89. The molecule has 0 spiro atoms. The van der Waals surface area contributed by atoms with Gasteiger partial charge in [-0.1, -0.05) is 6.42 Å². The van der Waals surface area contributed by atoms with Crippen LogP contribution >= 0.6 is 11.8 Å². The third kappa shape index (κ3) is 8.75. The van der Waals surface area contributed by atoms with Gasteiger partial charge in [-0.25, -0.2) is 66.4 Å². The van der Waals surface area contributed by atoms with Gasteiger partial charge in [-0.05, 0) is 61.4 Å². The molecule has 24 heteroatoms. The van der Waals surface area contributed by atoms with Gasteiger partial charge in [0.1, 0.15) is 0 Å². The van der Waals surface area contributed by atoms with Gasteiger partial charge in [-0.3, -0.25) is 19.3 Å². The van der Waals surface area contributed by atoms with E-state index in [1.54, 1.807) is 0 Å². The Morgan fingerprint density at radius 1 is 0.452 bits per heavy atom. The first-order valence-electron chi connectivity index (χ1n) is 21.5. The number of aromatic nitrogens is 4. The molecule has 9 nitrogen and oxygen atoms in total. The molecule has 0 unspecified atom stereocenters. The van der Waals surface area contributed by atoms with Crippen LogP contribution in [-0.2, 0) is 14.4 Å². The fraction of sp³-hybridized carbons (Fsp3) is 0.143. The zero-order chi connectivity index (χ0) is 52.3. The van der Waals surface area contributed by atoms with Crippen LogP contribution in [0.25, 0.3) is 78.6 Å². The summed E-state index contributed by atoms with van der Waals surface area (Å²) in [6.07, 6.45) is 5.76. The number of nitrogens with zero attached hydrogens (tertiary/aromatic N) is 2. The maximum absolute atomic E-state index is 16.5. The fourth-order valence-electron chi connectivity index (χ4n) is 8.37. The number of hydrogen-bond acceptors (Lipinski definition) is 5. The van der Waals surface area contributed by atoms with Crippen LogP contribution in [0, 0.1) is 81.4 Å². The Kier molecular flexibility index (Phi) is 13.4. The van der Waals surface area contributed by atoms with Gasteiger partial charge in [0, 0.05) is 81.7 Å². The van der Waals surface area contributed by atoms with E-state index in [4.69, 9.17) is 0 Å². The molecule has 6 heterocycles. The summed E-state index contributed by atoms with van der Waals surface area (Å²) < 4.78 is 217. The van der Waals surface area contributed by atoms with Gasteiger partial charge in [0.25, 0.3) is 11.8 Å². The van der Waals surface area contributed by atoms with Crippen molar-refractivity contribution < 1.29 is 75.8 Å². The normalized spacial score (nSPS) is 12.9. The van der Waals surface area contributed by atoms with Crippen LogP contribution in [0.5, 0.6) is 0 Å². The second-order valence-electron chi connectivity index (χ2n) is 16.2. The van der Waals surface area contributed by atoms with E-state index >= 15 is 35.1 Å². The maximum atomic E-state index is 16.5. The van der Waals surface area contributed by atoms with Gasteiger partial charge in [-0.15, -0.1) is 11.8 Å². The summed E-state index contributed by atoms with van der Waals surface area (Å²) in [4.78, 5) is 47.7. The second kappa shape index (κ2) is 19.6. The highest BCUT2D eigenvalue weighted by Crippen LogP contribution is 2.43. The number of carbonyl (C=O) groups is 3. The summed E-state index contributed by atoms with van der Waals surface area (Å²) in [7, 11) is 0. The van der Waals surface area contributed by atoms with Crippen LogP contribution in [0.4, 0.5) is 61.5 Å². The number of H-pyrrole nitrogens is 3. The van der Waals surface area contributed by atoms with Crippen molar-refractivity contribution in [2.45, 2.75) is 30.6 Å². The molecule has 3 amide bonds. The molecule has 2 aliphatic heterocycles. The molecule has 2 aliphatic rings. The Balaban J connectivity index is 1.17. The molecule has 73 heavy (non-hydrogen) atoms. The Bertz CT molecular complexity index is 3610. The van der Waals surface area contributed by atoms with Gasteiger partial charge < -0.3 is 20.3 Å². The van der Waals surface area contributed by atoms with Crippen LogP contribution in [0.2, 0.25) is 0 Å². The number of aromatic amines is 3. The monoisotopic (exact) mass is 1050 g/mol. The van der Waals surface area contributed by atoms with E-state index in [1.807, 2.05) is 0 Å². The Morgan fingerprint density at radius 2 is 0.836 bits per heavy atom. The number of benzene rings is 3. The van der Waals surface area contributed by atoms with Crippen molar-refractivity contribution in [3.8, 4) is 33.4 Å². The summed E-state index contributed by atoms with van der Waals surface area (Å²) in [6.45, 7) is -0.0800. The highest BCUT2D eigenvalue weighted by atomic mass is 32.2. The summed E-state index contributed by atoms with van der Waals surface area (Å²) in [5.41, 5.74) is -10.9. The summed E-state index contributed by atoms with van der Waals surface area (Å²) in [5, 5.41) is 2.50. The fourth-order valence-corrected chi connectivity index (χ4v) is 9.21. The average Bonchev–Trinajstić information content (AvgIpc) is 4.25. The van der Waals surface area contributed by atoms with Crippen molar-refractivity contribution in [2.24, 2.45) is 0 Å². The minimum Gasteiger partial charge on any atom is -0.355 e. The van der Waals surface area contributed by atoms with Crippen LogP contribution < -0.4 is 5.32 Å². The molecule has 3 aromatic carbocycles. The van der Waals surface area contributed by atoms with Gasteiger partial charge in [0.05, 0.1) is 38.5 Å². The van der Waals surface area contributed by atoms with E-state index in [0.29, 0.717) is 31.0 Å². The molecule has 9 rings (SSSR count). The molecule has 0 saturated carbocycles. The van der Waals surface area contributed by atoms with E-state index in [0.717, 1.165) is 53.5 Å². The van der Waals surface area contributed by atoms with Crippen LogP contribution in [0.3, 0.4) is 0 Å². The van der Waals surface area contributed by atoms with Crippen molar-refractivity contribution in [1.29, 1.82) is 0 Å². The van der Waals surface area contributed by atoms with Crippen molar-refractivity contribution >= 4 is 74.7 Å². The van der Waals surface area contributed by atoms with E-state index in [9.17, 15) is 40.7 Å². The highest BCUT2D eigenvalue weighted by molar-refractivity contribution is 7.99. The van der Waals surface area contributed by atoms with Gasteiger partial charge in [0.2, 0.25) is 17.5 Å². The molecule has 0 saturated heterocycles. The highest BCUT2D eigenvalue weighted by Gasteiger charge is 2.33. The predicted molar refractivity (Wildman–Crippen MR) is 239 cm³/mol. The molecular formula is C49H28F14N6O3S. The topological polar surface area (TPSA) is 127 Å². The zero-order valence-electron chi connectivity index (χ0n) is 36.5. The largest absolute Gasteiger partial charge is 0.355 e. The van der Waals surface area contributed by atoms with Crippen molar-refractivity contribution in [3.05, 3.63) is 141 Å². The lowest BCUT2D eigenvalue weighted by molar-refractivity contribution is -0.137. The number of rotatable bonds is 13. The SMILES string of the molecule is O=C(CCCCCN1C(=O)C=CC1=O)NCCSc1c(F)c(F)c(-c2c3nc(c4ccc([nH]4)c(-c4c(F)c(F)c(F)c(F)c4F)c4ccc([nH]4)c(-c4c(F)c(F)c(F)c(F)c4F)c4ccc2[nH]4)C=C3)c(F)c1F. The Labute approximate surface area is 404 Å². The first-order chi connectivity index (χ1) is 34.8. The number of thioether (sulfide) groups is 1. The van der Waals surface area contributed by atoms with Crippen molar-refractivity contribution in [1.82, 2.24) is 30.2 Å². The van der Waals surface area contributed by atoms with Crippen molar-refractivity contribution in [3.63, 3.8) is 0 Å². The molecule has 8 bridgehead atoms. The number of imide groups is 1. The maximum Gasteiger partial charge on any atom is 0.253 e. The van der Waals surface area contributed by atoms with Gasteiger partial charge in [-0.2, -0.15) is 0 Å². The number of fused-ring (bicyclic) bond motifs is 9. The number of nitrogens with one attached hydrogen (secondary N) is 4. The minimum atomic E-state index is -2.59. The molecular weight excluding hydrogens is 1020 g/mol. The molecule has 0 aliphatic carbocycles. The molecule has 0 fully saturated rings. The number of halogens is 14. The lowest BCUT2D eigenvalue weighted by Crippen LogP contribution is -2.30. The third-order valence-corrected chi connectivity index (χ3v) is 12.9. The number of unbranched alkanes of at least 4 members (excludes halogenated alkanes) is 2. The standard InChI is InChI=1S/C49H28F14N6O3S/c50-35-32(36(51)42(57)45(60)41(35)56)29-20-7-5-18(65-20)19-6-8-21(66-19)30(23-10-12-25(68-23)31(24-11-9-22(29)67-24)33-37(52)43(58)46(61)44(59)38(33)53)34-39(54)47(62)49(48(63)40(34)55)73-17-15-64-26(70)4-2-1-3-16-69-27(71)13-14-28(69)72/h5-14,65,67-68H,1-4,15-17H2,(H,64,70). The van der Waals surface area contributed by atoms with Gasteiger partial charge >= 0.3 is 0 Å². The average molecular weight is 1050 g/mol. The molecule has 7 aromatic rings. The van der Waals surface area contributed by atoms with Crippen LogP contribution in [0.15, 0.2) is 53.4 Å². The lowest BCUT2D eigenvalue weighted by atomic mass is 10.0. The third-order valence-electron chi connectivity index (χ3n) is 11.8. The zero-order valence-corrected chi connectivity index (χ0v) is 37.4. The molecule has 0 radical (unpaired) electrons. The smallest absolute Gasteiger partial charge is 0.253 e. The van der Waals surface area contributed by atoms with Crippen LogP contribution in [-0.4, -0.2) is 61.4 Å². The van der Waals surface area contributed by atoms with E-state index in [1.165, 1.54) is 12.1 Å². The van der Waals surface area contributed by atoms with Crippen molar-refractivity contribution in [2.75, 3.05) is 18.8 Å². The minimum absolute atomic E-state index is 0.00219. The molecule has 376 valence electrons. The number of amides is 3. The van der Waals surface area contributed by atoms with E-state index < -0.39 is 171 Å². The molecule has 4 aromatic heterocycles. The Morgan fingerprint density at radius 3 is 1.32 bits per heavy atom. The van der Waals surface area contributed by atoms with E-state index in [2.05, 4.69) is 25.3 Å². The lowest BCUT2D eigenvalue weighted by Gasteiger charge is -2.13. The second-order valence-corrected chi connectivity index (χ2v) is 17.3. The summed E-state index contributed by atoms with van der Waals surface area (Å²) in [5.74, 6) is -34.0. The predicted octanol–water partition coefficient (Wildman–Crippen LogP) is 12.3. The van der Waals surface area contributed by atoms with E-state index in [-0.39, 0.29) is 36.5 Å². The number of hydrogen-bond donors (Lipinski definition) is 4. The number of carbonyl (C=O) groups excluding carboxylic acids is 3. The summed E-state index contributed by atoms with van der Waals surface area (Å²) in [6, 6.07) is 5.85. The molecule has 0 atom stereocenters.